The quantitative estimate of drug-likeness (QED) is 0.573. The van der Waals surface area contributed by atoms with Gasteiger partial charge >= 0.3 is 0 Å². The first-order valence-electron chi connectivity index (χ1n) is 3.56. The minimum absolute atomic E-state index is 0.203. The third-order valence-electron chi connectivity index (χ3n) is 1.22. The summed E-state index contributed by atoms with van der Waals surface area (Å²) >= 11 is 5.38. The Morgan fingerprint density at radius 1 is 1.50 bits per heavy atom. The molecule has 2 nitrogen and oxygen atoms in total. The van der Waals surface area contributed by atoms with Crippen LogP contribution in [0.1, 0.15) is 5.56 Å². The lowest BCUT2D eigenvalue weighted by atomic mass is 10.2. The van der Waals surface area contributed by atoms with Gasteiger partial charge in [-0.2, -0.15) is 0 Å². The minimum atomic E-state index is 0.203. The Kier molecular flexibility index (Phi) is 3.91. The van der Waals surface area contributed by atoms with Gasteiger partial charge < -0.3 is 9.84 Å². The second-order valence-electron chi connectivity index (χ2n) is 2.19. The summed E-state index contributed by atoms with van der Waals surface area (Å²) < 4.78 is 4.93. The average molecular weight is 185 g/mol. The van der Waals surface area contributed by atoms with Crippen LogP contribution in [0.3, 0.4) is 0 Å². The Morgan fingerprint density at radius 2 is 2.33 bits per heavy atom. The topological polar surface area (TPSA) is 29.5 Å². The lowest BCUT2D eigenvalue weighted by Gasteiger charge is -1.99. The Labute approximate surface area is 76.7 Å². The molecule has 12 heavy (non-hydrogen) atoms. The minimum Gasteiger partial charge on any atom is -0.508 e. The van der Waals surface area contributed by atoms with Gasteiger partial charge in [0.15, 0.2) is 6.61 Å². The van der Waals surface area contributed by atoms with Crippen molar-refractivity contribution in [3.8, 4) is 5.75 Å². The number of alkyl halides is 1. The number of aromatic hydroxyl groups is 1. The van der Waals surface area contributed by atoms with Gasteiger partial charge in [-0.3, -0.25) is 0 Å². The van der Waals surface area contributed by atoms with Crippen LogP contribution in [0.25, 0.3) is 0 Å². The molecular weight excluding hydrogens is 176 g/mol. The van der Waals surface area contributed by atoms with E-state index in [4.69, 9.17) is 21.4 Å². The van der Waals surface area contributed by atoms with Crippen molar-refractivity contribution in [2.75, 3.05) is 12.5 Å². The number of benzene rings is 1. The van der Waals surface area contributed by atoms with E-state index in [2.05, 4.69) is 6.61 Å². The van der Waals surface area contributed by atoms with Crippen LogP contribution in [0.5, 0.6) is 5.75 Å². The number of phenols is 1. The van der Waals surface area contributed by atoms with Crippen LogP contribution >= 0.6 is 11.6 Å². The van der Waals surface area contributed by atoms with E-state index in [1.54, 1.807) is 24.3 Å². The van der Waals surface area contributed by atoms with E-state index in [1.807, 2.05) is 0 Å². The number of rotatable bonds is 4. The fourth-order valence-corrected chi connectivity index (χ4v) is 0.819. The number of hydrogen-bond acceptors (Lipinski definition) is 2. The van der Waals surface area contributed by atoms with Crippen molar-refractivity contribution < 1.29 is 9.84 Å². The molecule has 0 saturated carbocycles. The summed E-state index contributed by atoms with van der Waals surface area (Å²) in [4.78, 5) is 0. The maximum Gasteiger partial charge on any atom is 0.166 e. The Morgan fingerprint density at radius 3 is 3.00 bits per heavy atom. The van der Waals surface area contributed by atoms with Crippen LogP contribution in [0.15, 0.2) is 24.3 Å². The van der Waals surface area contributed by atoms with Gasteiger partial charge in [0.2, 0.25) is 0 Å². The molecule has 0 bridgehead atoms. The zero-order valence-electron chi connectivity index (χ0n) is 6.46. The SMILES string of the molecule is Oc1cccc([C]OCCCl)c1. The van der Waals surface area contributed by atoms with Crippen LogP contribution in [0.2, 0.25) is 0 Å². The van der Waals surface area contributed by atoms with Crippen LogP contribution < -0.4 is 0 Å². The monoisotopic (exact) mass is 184 g/mol. The highest BCUT2D eigenvalue weighted by Crippen LogP contribution is 2.12. The molecule has 0 aliphatic heterocycles. The molecule has 64 valence electrons. The summed E-state index contributed by atoms with van der Waals surface area (Å²) in [5.74, 6) is 0.640. The lowest BCUT2D eigenvalue weighted by Crippen LogP contribution is -1.93. The van der Waals surface area contributed by atoms with Crippen LogP contribution in [-0.4, -0.2) is 17.6 Å². The molecule has 1 aromatic carbocycles. The third-order valence-corrected chi connectivity index (χ3v) is 1.37. The third kappa shape index (κ3) is 3.11. The molecular formula is C9H9ClO2. The summed E-state index contributed by atoms with van der Waals surface area (Å²) in [7, 11) is 0. The van der Waals surface area contributed by atoms with Crippen molar-refractivity contribution in [2.45, 2.75) is 0 Å². The molecule has 2 radical (unpaired) electrons. The molecule has 0 spiro atoms. The molecule has 1 N–H and O–H groups in total. The molecule has 0 aliphatic rings. The summed E-state index contributed by atoms with van der Waals surface area (Å²) in [6.45, 7) is 3.07. The first-order chi connectivity index (χ1) is 5.83. The first kappa shape index (κ1) is 9.36. The van der Waals surface area contributed by atoms with Crippen molar-refractivity contribution in [3.63, 3.8) is 0 Å². The van der Waals surface area contributed by atoms with Gasteiger partial charge in [-0.05, 0) is 17.7 Å². The zero-order valence-corrected chi connectivity index (χ0v) is 7.21. The fraction of sp³-hybridized carbons (Fsp3) is 0.222. The Balaban J connectivity index is 2.41. The number of ether oxygens (including phenoxy) is 1. The van der Waals surface area contributed by atoms with E-state index in [9.17, 15) is 0 Å². The van der Waals surface area contributed by atoms with Crippen LogP contribution in [0, 0.1) is 6.61 Å². The first-order valence-corrected chi connectivity index (χ1v) is 4.09. The maximum absolute atomic E-state index is 9.05. The molecule has 0 amide bonds. The highest BCUT2D eigenvalue weighted by Gasteiger charge is 1.95. The van der Waals surface area contributed by atoms with Gasteiger partial charge in [-0.1, -0.05) is 12.1 Å². The van der Waals surface area contributed by atoms with Crippen LogP contribution in [-0.2, 0) is 4.74 Å². The van der Waals surface area contributed by atoms with Gasteiger partial charge in [0.25, 0.3) is 0 Å². The normalized spacial score (nSPS) is 10.1. The van der Waals surface area contributed by atoms with Crippen molar-refractivity contribution in [3.05, 3.63) is 36.4 Å². The van der Waals surface area contributed by atoms with Gasteiger partial charge in [0.1, 0.15) is 5.75 Å². The van der Waals surface area contributed by atoms with E-state index in [-0.39, 0.29) is 5.75 Å². The second-order valence-corrected chi connectivity index (χ2v) is 2.57. The van der Waals surface area contributed by atoms with Gasteiger partial charge in [-0.15, -0.1) is 11.6 Å². The molecule has 1 rings (SSSR count). The molecule has 1 aromatic rings. The standard InChI is InChI=1S/C9H9ClO2/c10-4-5-12-7-8-2-1-3-9(11)6-8/h1-3,6,11H,4-5H2. The smallest absolute Gasteiger partial charge is 0.166 e. The van der Waals surface area contributed by atoms with Crippen molar-refractivity contribution in [1.82, 2.24) is 0 Å². The molecule has 0 unspecified atom stereocenters. The summed E-state index contributed by atoms with van der Waals surface area (Å²) in [5, 5.41) is 9.05. The Bertz CT molecular complexity index is 238. The van der Waals surface area contributed by atoms with E-state index in [0.29, 0.717) is 18.1 Å². The van der Waals surface area contributed by atoms with E-state index < -0.39 is 0 Å². The van der Waals surface area contributed by atoms with Crippen molar-refractivity contribution in [2.24, 2.45) is 0 Å². The zero-order chi connectivity index (χ0) is 8.81. The molecule has 0 aliphatic carbocycles. The number of halogens is 1. The maximum atomic E-state index is 9.05. The summed E-state index contributed by atoms with van der Waals surface area (Å²) in [6, 6.07) is 6.66. The second kappa shape index (κ2) is 5.01. The van der Waals surface area contributed by atoms with E-state index in [1.165, 1.54) is 0 Å². The number of phenolic OH excluding ortho intramolecular Hbond substituents is 1. The highest BCUT2D eigenvalue weighted by molar-refractivity contribution is 6.17. The molecule has 0 saturated heterocycles. The predicted octanol–water partition coefficient (Wildman–Crippen LogP) is 2.03. The Hall–Kier alpha value is -0.730. The van der Waals surface area contributed by atoms with Crippen LogP contribution in [0.4, 0.5) is 0 Å². The summed E-state index contributed by atoms with van der Waals surface area (Å²) in [5.41, 5.74) is 0.708. The predicted molar refractivity (Wildman–Crippen MR) is 47.1 cm³/mol. The van der Waals surface area contributed by atoms with Gasteiger partial charge in [0, 0.05) is 5.88 Å². The largest absolute Gasteiger partial charge is 0.508 e. The van der Waals surface area contributed by atoms with Crippen molar-refractivity contribution >= 4 is 11.6 Å². The molecule has 0 fully saturated rings. The molecule has 0 atom stereocenters. The lowest BCUT2D eigenvalue weighted by molar-refractivity contribution is 0.232. The van der Waals surface area contributed by atoms with E-state index >= 15 is 0 Å². The van der Waals surface area contributed by atoms with Gasteiger partial charge in [0.05, 0.1) is 6.61 Å². The highest BCUT2D eigenvalue weighted by atomic mass is 35.5. The van der Waals surface area contributed by atoms with E-state index in [0.717, 1.165) is 0 Å². The fourth-order valence-electron chi connectivity index (χ4n) is 0.742. The average Bonchev–Trinajstić information content (AvgIpc) is 2.05. The van der Waals surface area contributed by atoms with Crippen molar-refractivity contribution in [1.29, 1.82) is 0 Å². The van der Waals surface area contributed by atoms with Gasteiger partial charge in [-0.25, -0.2) is 0 Å². The molecule has 0 heterocycles. The molecule has 3 heteroatoms. The summed E-state index contributed by atoms with van der Waals surface area (Å²) in [6.07, 6.45) is 0. The molecule has 0 aromatic heterocycles. The number of hydrogen-bond donors (Lipinski definition) is 1.